The Labute approximate surface area is 250 Å². The van der Waals surface area contributed by atoms with Crippen molar-refractivity contribution >= 4 is 30.4 Å². The Kier molecular flexibility index (Phi) is 13.3. The second kappa shape index (κ2) is 16.9. The zero-order chi connectivity index (χ0) is 30.5. The fourth-order valence-corrected chi connectivity index (χ4v) is 5.56. The van der Waals surface area contributed by atoms with Crippen molar-refractivity contribution in [2.75, 3.05) is 19.0 Å². The largest absolute Gasteiger partial charge is 0.468 e. The number of anilines is 1. The van der Waals surface area contributed by atoms with E-state index in [-0.39, 0.29) is 30.4 Å². The van der Waals surface area contributed by atoms with E-state index in [1.807, 2.05) is 25.2 Å². The maximum Gasteiger partial charge on any atom is 0.293 e. The van der Waals surface area contributed by atoms with Crippen LogP contribution >= 0.6 is 0 Å². The number of carbonyl (C=O) groups is 4. The van der Waals surface area contributed by atoms with Crippen molar-refractivity contribution in [3.8, 4) is 0 Å². The number of likely N-dealkylation sites (tertiary alicyclic amines) is 1. The fourth-order valence-electron chi connectivity index (χ4n) is 5.56. The standard InChI is InChI=1S/C32H49N5O5/c1-22(16-17-42-21-39)31(40)36-27-10-7-9-25(18-27)19-34-32(41)29-15-14-28(37(29)20-38)11-6-5-8-23(2)35-30(24(3)33-4)26-12-13-26/h7,9-10,18,20-24,28-29,33,35H,5-6,8,11-17,19H2,1-4H3,(H,34,41)(H,36,40). The molecule has 0 aromatic heterocycles. The molecule has 4 N–H and O–H groups in total. The van der Waals surface area contributed by atoms with Crippen molar-refractivity contribution in [3.05, 3.63) is 41.1 Å². The minimum absolute atomic E-state index is 0.0902. The van der Waals surface area contributed by atoms with Crippen LogP contribution in [0.15, 0.2) is 35.5 Å². The van der Waals surface area contributed by atoms with Gasteiger partial charge in [-0.3, -0.25) is 19.2 Å². The van der Waals surface area contributed by atoms with Gasteiger partial charge in [0.2, 0.25) is 18.2 Å². The van der Waals surface area contributed by atoms with Gasteiger partial charge in [-0.25, -0.2) is 0 Å². The molecule has 1 aliphatic carbocycles. The van der Waals surface area contributed by atoms with E-state index in [1.54, 1.807) is 17.9 Å². The first-order chi connectivity index (χ1) is 20.3. The van der Waals surface area contributed by atoms with Gasteiger partial charge in [-0.1, -0.05) is 31.9 Å². The summed E-state index contributed by atoms with van der Waals surface area (Å²) in [5.41, 5.74) is 4.36. The van der Waals surface area contributed by atoms with Gasteiger partial charge in [0.15, 0.2) is 0 Å². The highest BCUT2D eigenvalue weighted by molar-refractivity contribution is 5.92. The molecule has 10 heteroatoms. The van der Waals surface area contributed by atoms with Crippen molar-refractivity contribution in [2.45, 2.75) is 109 Å². The second-order valence-electron chi connectivity index (χ2n) is 11.7. The van der Waals surface area contributed by atoms with Crippen LogP contribution in [-0.2, 0) is 30.5 Å². The summed E-state index contributed by atoms with van der Waals surface area (Å²) in [5, 5.41) is 12.9. The first-order valence-corrected chi connectivity index (χ1v) is 15.4. The Bertz CT molecular complexity index is 1090. The van der Waals surface area contributed by atoms with Crippen LogP contribution in [0.3, 0.4) is 0 Å². The van der Waals surface area contributed by atoms with E-state index in [4.69, 9.17) is 0 Å². The van der Waals surface area contributed by atoms with Gasteiger partial charge in [0.25, 0.3) is 6.47 Å². The minimum Gasteiger partial charge on any atom is -0.468 e. The quantitative estimate of drug-likeness (QED) is 0.145. The summed E-state index contributed by atoms with van der Waals surface area (Å²) in [6.45, 7) is 7.06. The number of rotatable bonds is 19. The monoisotopic (exact) mass is 583 g/mol. The molecule has 0 radical (unpaired) electrons. The van der Waals surface area contributed by atoms with Crippen LogP contribution in [0.25, 0.3) is 0 Å². The molecule has 5 atom stereocenters. The summed E-state index contributed by atoms with van der Waals surface area (Å²) < 4.78 is 4.67. The third-order valence-corrected chi connectivity index (χ3v) is 8.40. The van der Waals surface area contributed by atoms with E-state index in [9.17, 15) is 19.2 Å². The average molecular weight is 584 g/mol. The number of amides is 3. The number of hydrogen-bond acceptors (Lipinski definition) is 7. The number of carbonyl (C=O) groups excluding carboxylic acids is 4. The topological polar surface area (TPSA) is 129 Å². The predicted octanol–water partition coefficient (Wildman–Crippen LogP) is 3.62. The van der Waals surface area contributed by atoms with E-state index in [0.29, 0.717) is 43.6 Å². The van der Waals surface area contributed by atoms with Crippen molar-refractivity contribution in [3.63, 3.8) is 0 Å². The van der Waals surface area contributed by atoms with Crippen LogP contribution in [0.4, 0.5) is 5.69 Å². The Balaban J connectivity index is 1.40. The zero-order valence-corrected chi connectivity index (χ0v) is 25.6. The van der Waals surface area contributed by atoms with Gasteiger partial charge in [-0.2, -0.15) is 0 Å². The molecular weight excluding hydrogens is 534 g/mol. The van der Waals surface area contributed by atoms with Gasteiger partial charge in [0.1, 0.15) is 6.04 Å². The van der Waals surface area contributed by atoms with E-state index in [2.05, 4.69) is 39.9 Å². The number of nitrogens with one attached hydrogen (secondary N) is 4. The molecule has 10 nitrogen and oxygen atoms in total. The number of likely N-dealkylation sites (N-methyl/N-ethyl adjacent to an activating group) is 1. The Morgan fingerprint density at radius 3 is 2.57 bits per heavy atom. The van der Waals surface area contributed by atoms with Crippen LogP contribution in [0.5, 0.6) is 0 Å². The van der Waals surface area contributed by atoms with Gasteiger partial charge in [-0.05, 0) is 89.1 Å². The summed E-state index contributed by atoms with van der Waals surface area (Å²) in [7, 11) is 1.99. The highest BCUT2D eigenvalue weighted by atomic mass is 16.5. The van der Waals surface area contributed by atoms with Gasteiger partial charge in [0, 0.05) is 42.0 Å². The van der Waals surface area contributed by atoms with E-state index >= 15 is 0 Å². The maximum absolute atomic E-state index is 13.0. The molecule has 1 aromatic rings. The minimum atomic E-state index is -0.457. The lowest BCUT2D eigenvalue weighted by Gasteiger charge is -2.26. The Morgan fingerprint density at radius 2 is 1.88 bits per heavy atom. The van der Waals surface area contributed by atoms with Gasteiger partial charge in [0.05, 0.1) is 6.61 Å². The number of benzene rings is 1. The van der Waals surface area contributed by atoms with Crippen molar-refractivity contribution in [1.82, 2.24) is 20.9 Å². The van der Waals surface area contributed by atoms with Gasteiger partial charge >= 0.3 is 0 Å². The molecule has 0 bridgehead atoms. The van der Waals surface area contributed by atoms with E-state index < -0.39 is 6.04 Å². The van der Waals surface area contributed by atoms with E-state index in [0.717, 1.165) is 44.1 Å². The highest BCUT2D eigenvalue weighted by Gasteiger charge is 2.36. The zero-order valence-electron chi connectivity index (χ0n) is 25.6. The summed E-state index contributed by atoms with van der Waals surface area (Å²) in [6, 6.07) is 7.68. The SMILES string of the molecule is CNC(C)C(NC(C)CCCCC1CCC(C(=O)NCc2cccc(NC(=O)C(C)CCOC=O)c2)N1C=O)=C1CC1. The lowest BCUT2D eigenvalue weighted by molar-refractivity contribution is -0.132. The number of allylic oxidation sites excluding steroid dienone is 1. The third-order valence-electron chi connectivity index (χ3n) is 8.40. The molecule has 42 heavy (non-hydrogen) atoms. The summed E-state index contributed by atoms with van der Waals surface area (Å²) >= 11 is 0. The molecule has 3 amide bonds. The van der Waals surface area contributed by atoms with Gasteiger partial charge < -0.3 is 30.9 Å². The lowest BCUT2D eigenvalue weighted by Crippen LogP contribution is -2.45. The normalized spacial score (nSPS) is 19.8. The van der Waals surface area contributed by atoms with Crippen LogP contribution < -0.4 is 21.3 Å². The smallest absolute Gasteiger partial charge is 0.293 e. The van der Waals surface area contributed by atoms with Crippen molar-refractivity contribution in [1.29, 1.82) is 0 Å². The van der Waals surface area contributed by atoms with Gasteiger partial charge in [-0.15, -0.1) is 0 Å². The van der Waals surface area contributed by atoms with Crippen LogP contribution in [0, 0.1) is 5.92 Å². The summed E-state index contributed by atoms with van der Waals surface area (Å²) in [5.74, 6) is -0.637. The van der Waals surface area contributed by atoms with Crippen LogP contribution in [-0.4, -0.2) is 67.4 Å². The molecule has 5 unspecified atom stereocenters. The number of unbranched alkanes of at least 4 members (excludes halogenated alkanes) is 1. The first-order valence-electron chi connectivity index (χ1n) is 15.4. The number of nitrogens with zero attached hydrogens (tertiary/aromatic N) is 1. The molecule has 0 spiro atoms. The summed E-state index contributed by atoms with van der Waals surface area (Å²) in [4.78, 5) is 49.4. The fraction of sp³-hybridized carbons (Fsp3) is 0.625. The molecule has 3 rings (SSSR count). The third kappa shape index (κ3) is 10.2. The van der Waals surface area contributed by atoms with E-state index in [1.165, 1.54) is 24.1 Å². The number of ether oxygens (including phenoxy) is 1. The lowest BCUT2D eigenvalue weighted by atomic mass is 10.0. The number of hydrogen-bond donors (Lipinski definition) is 4. The molecular formula is C32H49N5O5. The molecule has 1 aromatic carbocycles. The maximum atomic E-state index is 13.0. The average Bonchev–Trinajstić information content (AvgIpc) is 3.75. The predicted molar refractivity (Wildman–Crippen MR) is 163 cm³/mol. The molecule has 1 aliphatic heterocycles. The van der Waals surface area contributed by atoms with Crippen molar-refractivity contribution < 1.29 is 23.9 Å². The first kappa shape index (κ1) is 33.1. The molecule has 2 fully saturated rings. The molecule has 1 heterocycles. The molecule has 2 aliphatic rings. The van der Waals surface area contributed by atoms with Crippen LogP contribution in [0.1, 0.15) is 84.1 Å². The Hall–Kier alpha value is -3.40. The Morgan fingerprint density at radius 1 is 1.10 bits per heavy atom. The molecule has 232 valence electrons. The summed E-state index contributed by atoms with van der Waals surface area (Å²) in [6.07, 6.45) is 9.21. The second-order valence-corrected chi connectivity index (χ2v) is 11.7. The molecule has 1 saturated carbocycles. The molecule has 1 saturated heterocycles. The highest BCUT2D eigenvalue weighted by Crippen LogP contribution is 2.32. The van der Waals surface area contributed by atoms with Crippen LogP contribution in [0.2, 0.25) is 0 Å². The van der Waals surface area contributed by atoms with Crippen molar-refractivity contribution in [2.24, 2.45) is 5.92 Å².